The van der Waals surface area contributed by atoms with E-state index in [4.69, 9.17) is 10.1 Å². The van der Waals surface area contributed by atoms with Crippen molar-refractivity contribution in [1.82, 2.24) is 15.5 Å². The number of nitrogens with one attached hydrogen (secondary N) is 3. The van der Waals surface area contributed by atoms with E-state index in [-0.39, 0.29) is 24.8 Å². The summed E-state index contributed by atoms with van der Waals surface area (Å²) < 4.78 is 4.86. The van der Waals surface area contributed by atoms with Gasteiger partial charge in [-0.2, -0.15) is 11.8 Å². The summed E-state index contributed by atoms with van der Waals surface area (Å²) in [4.78, 5) is 13.4. The number of ether oxygens (including phenoxy) is 1. The first-order valence-corrected chi connectivity index (χ1v) is 8.92. The molecule has 8 heteroatoms. The molecule has 0 aliphatic carbocycles. The minimum absolute atomic E-state index is 0.0376. The fourth-order valence-corrected chi connectivity index (χ4v) is 4.54. The number of unbranched alkanes of at least 4 members (excludes halogenated alkanes) is 1. The van der Waals surface area contributed by atoms with Crippen LogP contribution in [0.1, 0.15) is 25.7 Å². The Morgan fingerprint density at radius 2 is 2.18 bits per heavy atom. The molecule has 2 aliphatic heterocycles. The second kappa shape index (κ2) is 9.22. The molecule has 3 atom stereocenters. The molecule has 0 aromatic carbocycles. The molecule has 7 nitrogen and oxygen atoms in total. The second-order valence-electron chi connectivity index (χ2n) is 5.72. The van der Waals surface area contributed by atoms with Crippen LogP contribution in [0.3, 0.4) is 0 Å². The minimum Gasteiger partial charge on any atom is -0.484 e. The van der Waals surface area contributed by atoms with E-state index in [2.05, 4.69) is 10.6 Å². The van der Waals surface area contributed by atoms with Gasteiger partial charge in [-0.05, 0) is 25.7 Å². The number of hydrogen-bond acceptors (Lipinski definition) is 6. The van der Waals surface area contributed by atoms with E-state index >= 15 is 0 Å². The van der Waals surface area contributed by atoms with E-state index in [0.717, 1.165) is 50.9 Å². The summed E-state index contributed by atoms with van der Waals surface area (Å²) in [5, 5.41) is 22.6. The molecule has 0 aromatic heterocycles. The first kappa shape index (κ1) is 17.4. The van der Waals surface area contributed by atoms with Gasteiger partial charge in [0.2, 0.25) is 0 Å². The van der Waals surface area contributed by atoms with Crippen LogP contribution in [0.2, 0.25) is 0 Å². The maximum Gasteiger partial charge on any atom is 0.315 e. The maximum atomic E-state index is 11.3. The number of fused-ring (bicyclic) bond motifs is 1. The first-order chi connectivity index (χ1) is 10.7. The van der Waals surface area contributed by atoms with Crippen LogP contribution < -0.4 is 10.6 Å². The van der Waals surface area contributed by atoms with Crippen LogP contribution in [0.5, 0.6) is 0 Å². The third-order valence-corrected chi connectivity index (χ3v) is 5.68. The van der Waals surface area contributed by atoms with Gasteiger partial charge in [0, 0.05) is 24.1 Å². The molecular weight excluding hydrogens is 304 g/mol. The fourth-order valence-electron chi connectivity index (χ4n) is 2.99. The monoisotopic (exact) mass is 330 g/mol. The highest BCUT2D eigenvalue weighted by Crippen LogP contribution is 2.32. The van der Waals surface area contributed by atoms with Crippen LogP contribution in [0.4, 0.5) is 4.79 Å². The van der Waals surface area contributed by atoms with Crippen LogP contribution in [0.15, 0.2) is 0 Å². The SMILES string of the molecule is N=COCCCCN(CO)CCCC1SCC2NC(=O)NC21. The molecule has 2 amide bonds. The number of aliphatic hydroxyl groups is 1. The number of hydrogen-bond donors (Lipinski definition) is 4. The molecule has 22 heavy (non-hydrogen) atoms. The number of nitrogens with zero attached hydrogens (tertiary/aromatic N) is 1. The maximum absolute atomic E-state index is 11.3. The van der Waals surface area contributed by atoms with Gasteiger partial charge in [-0.1, -0.05) is 0 Å². The van der Waals surface area contributed by atoms with Crippen molar-refractivity contribution in [2.45, 2.75) is 43.0 Å². The zero-order valence-corrected chi connectivity index (χ0v) is 13.6. The number of carbonyl (C=O) groups excluding carboxylic acids is 1. The Hall–Kier alpha value is -0.990. The Morgan fingerprint density at radius 3 is 2.95 bits per heavy atom. The van der Waals surface area contributed by atoms with Gasteiger partial charge < -0.3 is 20.5 Å². The summed E-state index contributed by atoms with van der Waals surface area (Å²) in [5.74, 6) is 0.991. The standard InChI is InChI=1S/C14H26N4O3S/c15-9-21-7-2-1-5-18(10-19)6-3-4-12-13-11(8-22-12)16-14(20)17-13/h9,11-13,15,19H,1-8,10H2,(H2,16,17,20). The highest BCUT2D eigenvalue weighted by atomic mass is 32.2. The number of thioether (sulfide) groups is 1. The average molecular weight is 330 g/mol. The predicted molar refractivity (Wildman–Crippen MR) is 87.4 cm³/mol. The first-order valence-electron chi connectivity index (χ1n) is 7.87. The van der Waals surface area contributed by atoms with Gasteiger partial charge in [0.1, 0.15) is 0 Å². The van der Waals surface area contributed by atoms with Crippen molar-refractivity contribution >= 4 is 24.2 Å². The molecule has 0 saturated carbocycles. The fraction of sp³-hybridized carbons (Fsp3) is 0.857. The van der Waals surface area contributed by atoms with Crippen LogP contribution in [0.25, 0.3) is 0 Å². The molecular formula is C14H26N4O3S. The summed E-state index contributed by atoms with van der Waals surface area (Å²) in [6, 6.07) is 0.507. The van der Waals surface area contributed by atoms with Gasteiger partial charge in [0.05, 0.1) is 25.4 Å². The van der Waals surface area contributed by atoms with Crippen molar-refractivity contribution in [3.63, 3.8) is 0 Å². The Balaban J connectivity index is 1.58. The van der Waals surface area contributed by atoms with E-state index in [9.17, 15) is 9.90 Å². The Labute approximate surface area is 135 Å². The van der Waals surface area contributed by atoms with E-state index in [1.54, 1.807) is 0 Å². The van der Waals surface area contributed by atoms with Gasteiger partial charge in [-0.15, -0.1) is 0 Å². The summed E-state index contributed by atoms with van der Waals surface area (Å²) in [5.41, 5.74) is 0. The zero-order chi connectivity index (χ0) is 15.8. The van der Waals surface area contributed by atoms with Gasteiger partial charge in [-0.3, -0.25) is 10.3 Å². The van der Waals surface area contributed by atoms with Crippen LogP contribution in [-0.4, -0.2) is 72.0 Å². The van der Waals surface area contributed by atoms with Crippen molar-refractivity contribution in [3.8, 4) is 0 Å². The van der Waals surface area contributed by atoms with Crippen molar-refractivity contribution in [2.24, 2.45) is 0 Å². The lowest BCUT2D eigenvalue weighted by Crippen LogP contribution is -2.37. The van der Waals surface area contributed by atoms with E-state index in [1.165, 1.54) is 0 Å². The van der Waals surface area contributed by atoms with Gasteiger partial charge in [0.15, 0.2) is 6.40 Å². The summed E-state index contributed by atoms with van der Waals surface area (Å²) >= 11 is 1.93. The molecule has 0 bridgehead atoms. The van der Waals surface area contributed by atoms with Crippen molar-refractivity contribution in [3.05, 3.63) is 0 Å². The Morgan fingerprint density at radius 1 is 1.36 bits per heavy atom. The third-order valence-electron chi connectivity index (χ3n) is 4.17. The molecule has 2 aliphatic rings. The molecule has 0 spiro atoms. The Bertz CT molecular complexity index is 372. The van der Waals surface area contributed by atoms with Crippen LogP contribution in [-0.2, 0) is 4.74 Å². The van der Waals surface area contributed by atoms with Crippen LogP contribution >= 0.6 is 11.8 Å². The highest BCUT2D eigenvalue weighted by molar-refractivity contribution is 8.00. The molecule has 126 valence electrons. The molecule has 3 unspecified atom stereocenters. The number of aliphatic hydroxyl groups excluding tert-OH is 1. The largest absolute Gasteiger partial charge is 0.484 e. The molecule has 2 rings (SSSR count). The number of carbonyl (C=O) groups is 1. The number of urea groups is 1. The van der Waals surface area contributed by atoms with E-state index < -0.39 is 0 Å². The quantitative estimate of drug-likeness (QED) is 0.146. The lowest BCUT2D eigenvalue weighted by molar-refractivity contribution is 0.102. The van der Waals surface area contributed by atoms with Crippen LogP contribution in [0, 0.1) is 5.41 Å². The van der Waals surface area contributed by atoms with E-state index in [0.29, 0.717) is 11.9 Å². The Kier molecular flexibility index (Phi) is 7.28. The second-order valence-corrected chi connectivity index (χ2v) is 6.99. The molecule has 2 heterocycles. The van der Waals surface area contributed by atoms with Crippen molar-refractivity contribution in [2.75, 3.05) is 32.2 Å². The summed E-state index contributed by atoms with van der Waals surface area (Å²) in [6.07, 6.45) is 4.89. The van der Waals surface area contributed by atoms with Crippen molar-refractivity contribution in [1.29, 1.82) is 5.41 Å². The lowest BCUT2D eigenvalue weighted by atomic mass is 10.0. The molecule has 2 saturated heterocycles. The molecule has 4 N–H and O–H groups in total. The molecule has 0 radical (unpaired) electrons. The summed E-state index contributed by atoms with van der Waals surface area (Å²) in [6.45, 7) is 2.36. The van der Waals surface area contributed by atoms with Gasteiger partial charge in [-0.25, -0.2) is 4.79 Å². The average Bonchev–Trinajstić information content (AvgIpc) is 3.05. The predicted octanol–water partition coefficient (Wildman–Crippen LogP) is 0.588. The van der Waals surface area contributed by atoms with E-state index in [1.807, 2.05) is 16.7 Å². The molecule has 2 fully saturated rings. The normalized spacial score (nSPS) is 26.6. The summed E-state index contributed by atoms with van der Waals surface area (Å²) in [7, 11) is 0. The highest BCUT2D eigenvalue weighted by Gasteiger charge is 2.42. The smallest absolute Gasteiger partial charge is 0.315 e. The topological polar surface area (TPSA) is 97.7 Å². The third kappa shape index (κ3) is 5.03. The van der Waals surface area contributed by atoms with Gasteiger partial charge >= 0.3 is 6.03 Å². The number of amides is 2. The minimum atomic E-state index is -0.0376. The number of rotatable bonds is 11. The zero-order valence-electron chi connectivity index (χ0n) is 12.8. The lowest BCUT2D eigenvalue weighted by Gasteiger charge is -2.21. The van der Waals surface area contributed by atoms with Crippen molar-refractivity contribution < 1.29 is 14.6 Å². The molecule has 0 aromatic rings. The van der Waals surface area contributed by atoms with Gasteiger partial charge in [0.25, 0.3) is 0 Å².